The Morgan fingerprint density at radius 2 is 2.12 bits per heavy atom. The fourth-order valence-electron chi connectivity index (χ4n) is 2.78. The summed E-state index contributed by atoms with van der Waals surface area (Å²) >= 11 is 0. The number of unbranched alkanes of at least 4 members (excludes halogenated alkanes) is 1. The van der Waals surface area contributed by atoms with Gasteiger partial charge >= 0.3 is 0 Å². The van der Waals surface area contributed by atoms with Crippen molar-refractivity contribution in [2.24, 2.45) is 4.99 Å². The van der Waals surface area contributed by atoms with E-state index in [1.807, 2.05) is 29.2 Å². The highest BCUT2D eigenvalue weighted by atomic mass is 16.5. The Morgan fingerprint density at radius 1 is 1.32 bits per heavy atom. The van der Waals surface area contributed by atoms with Gasteiger partial charge in [-0.2, -0.15) is 0 Å². The first-order chi connectivity index (χ1) is 12.2. The standard InChI is InChI=1S/C19H30N4O2/c1-4-6-13-22(3)19(20-5-2)21-12-9-14-23-16-10-7-8-11-17(16)25-15-18(23)24/h7-8,10-11H,4-6,9,12-15H2,1-3H3,(H,20,21). The molecule has 1 aliphatic heterocycles. The maximum atomic E-state index is 12.2. The van der Waals surface area contributed by atoms with Gasteiger partial charge in [-0.3, -0.25) is 9.79 Å². The van der Waals surface area contributed by atoms with Crippen LogP contribution in [0.5, 0.6) is 5.75 Å². The monoisotopic (exact) mass is 346 g/mol. The van der Waals surface area contributed by atoms with Gasteiger partial charge in [0.1, 0.15) is 5.75 Å². The van der Waals surface area contributed by atoms with Crippen molar-refractivity contribution in [3.05, 3.63) is 24.3 Å². The molecule has 1 N–H and O–H groups in total. The second kappa shape index (κ2) is 9.91. The smallest absolute Gasteiger partial charge is 0.265 e. The second-order valence-corrected chi connectivity index (χ2v) is 6.17. The van der Waals surface area contributed by atoms with E-state index in [0.717, 1.165) is 43.3 Å². The molecule has 0 saturated heterocycles. The topological polar surface area (TPSA) is 57.2 Å². The first kappa shape index (κ1) is 19.1. The Hall–Kier alpha value is -2.24. The molecule has 1 aromatic carbocycles. The summed E-state index contributed by atoms with van der Waals surface area (Å²) in [4.78, 5) is 20.8. The number of carbonyl (C=O) groups is 1. The van der Waals surface area contributed by atoms with Crippen LogP contribution in [0.3, 0.4) is 0 Å². The third kappa shape index (κ3) is 5.37. The Bertz CT molecular complexity index is 589. The van der Waals surface area contributed by atoms with Crippen LogP contribution < -0.4 is 15.0 Å². The van der Waals surface area contributed by atoms with Gasteiger partial charge in [-0.25, -0.2) is 0 Å². The molecule has 6 heteroatoms. The average Bonchev–Trinajstić information content (AvgIpc) is 2.63. The van der Waals surface area contributed by atoms with Crippen molar-refractivity contribution in [3.63, 3.8) is 0 Å². The predicted octanol–water partition coefficient (Wildman–Crippen LogP) is 2.50. The summed E-state index contributed by atoms with van der Waals surface area (Å²) in [6.45, 7) is 7.57. The summed E-state index contributed by atoms with van der Waals surface area (Å²) in [5, 5.41) is 3.33. The molecule has 138 valence electrons. The molecule has 2 rings (SSSR count). The number of amides is 1. The molecule has 1 amide bonds. The molecule has 0 aliphatic carbocycles. The number of para-hydroxylation sites is 2. The van der Waals surface area contributed by atoms with Gasteiger partial charge in [0.2, 0.25) is 0 Å². The zero-order valence-corrected chi connectivity index (χ0v) is 15.6. The molecule has 25 heavy (non-hydrogen) atoms. The molecule has 0 aromatic heterocycles. The van der Waals surface area contributed by atoms with Crippen molar-refractivity contribution in [2.75, 3.05) is 44.7 Å². The number of anilines is 1. The highest BCUT2D eigenvalue weighted by Crippen LogP contribution is 2.31. The number of benzene rings is 1. The van der Waals surface area contributed by atoms with Crippen LogP contribution in [-0.2, 0) is 4.79 Å². The van der Waals surface area contributed by atoms with Crippen LogP contribution in [0.25, 0.3) is 0 Å². The number of aliphatic imine (C=N–C) groups is 1. The number of ether oxygens (including phenoxy) is 1. The van der Waals surface area contributed by atoms with E-state index in [0.29, 0.717) is 13.1 Å². The number of nitrogens with one attached hydrogen (secondary N) is 1. The zero-order chi connectivity index (χ0) is 18.1. The lowest BCUT2D eigenvalue weighted by Gasteiger charge is -2.29. The predicted molar refractivity (Wildman–Crippen MR) is 102 cm³/mol. The minimum absolute atomic E-state index is 0.00894. The van der Waals surface area contributed by atoms with Crippen molar-refractivity contribution in [2.45, 2.75) is 33.1 Å². The van der Waals surface area contributed by atoms with E-state index >= 15 is 0 Å². The Labute approximate surface area is 150 Å². The molecule has 6 nitrogen and oxygen atoms in total. The van der Waals surface area contributed by atoms with Crippen molar-refractivity contribution in [3.8, 4) is 5.75 Å². The summed E-state index contributed by atoms with van der Waals surface area (Å²) in [5.74, 6) is 1.72. The molecule has 1 aliphatic rings. The Balaban J connectivity index is 1.91. The lowest BCUT2D eigenvalue weighted by molar-refractivity contribution is -0.121. The molecule has 0 unspecified atom stereocenters. The van der Waals surface area contributed by atoms with Gasteiger partial charge in [0.15, 0.2) is 12.6 Å². The molecule has 0 saturated carbocycles. The number of fused-ring (bicyclic) bond motifs is 1. The molecule has 1 heterocycles. The highest BCUT2D eigenvalue weighted by molar-refractivity contribution is 5.97. The van der Waals surface area contributed by atoms with Crippen LogP contribution in [0.4, 0.5) is 5.69 Å². The molecule has 0 bridgehead atoms. The summed E-state index contributed by atoms with van der Waals surface area (Å²) in [5.41, 5.74) is 0.856. The Kier molecular flexibility index (Phi) is 7.57. The molecular weight excluding hydrogens is 316 g/mol. The van der Waals surface area contributed by atoms with Crippen LogP contribution in [0.1, 0.15) is 33.1 Å². The number of nitrogens with zero attached hydrogens (tertiary/aromatic N) is 3. The van der Waals surface area contributed by atoms with E-state index < -0.39 is 0 Å². The summed E-state index contributed by atoms with van der Waals surface area (Å²) in [6, 6.07) is 7.68. The molecule has 1 aromatic rings. The van der Waals surface area contributed by atoms with Gasteiger partial charge in [-0.15, -0.1) is 0 Å². The van der Waals surface area contributed by atoms with Crippen molar-refractivity contribution >= 4 is 17.6 Å². The number of rotatable bonds is 8. The first-order valence-electron chi connectivity index (χ1n) is 9.19. The first-order valence-corrected chi connectivity index (χ1v) is 9.19. The third-order valence-corrected chi connectivity index (χ3v) is 4.15. The van der Waals surface area contributed by atoms with E-state index in [4.69, 9.17) is 9.73 Å². The third-order valence-electron chi connectivity index (χ3n) is 4.15. The quantitative estimate of drug-likeness (QED) is 0.446. The number of hydrogen-bond acceptors (Lipinski definition) is 3. The molecule has 0 fully saturated rings. The maximum Gasteiger partial charge on any atom is 0.265 e. The van der Waals surface area contributed by atoms with Crippen molar-refractivity contribution in [1.82, 2.24) is 10.2 Å². The number of hydrogen-bond donors (Lipinski definition) is 1. The second-order valence-electron chi connectivity index (χ2n) is 6.17. The maximum absolute atomic E-state index is 12.2. The van der Waals surface area contributed by atoms with E-state index in [2.05, 4.69) is 31.1 Å². The molecule has 0 radical (unpaired) electrons. The minimum Gasteiger partial charge on any atom is -0.482 e. The van der Waals surface area contributed by atoms with Gasteiger partial charge < -0.3 is 19.9 Å². The summed E-state index contributed by atoms with van der Waals surface area (Å²) in [7, 11) is 2.07. The molecule has 0 atom stereocenters. The summed E-state index contributed by atoms with van der Waals surface area (Å²) < 4.78 is 5.48. The Morgan fingerprint density at radius 3 is 2.88 bits per heavy atom. The van der Waals surface area contributed by atoms with Crippen LogP contribution >= 0.6 is 0 Å². The van der Waals surface area contributed by atoms with E-state index in [1.165, 1.54) is 6.42 Å². The van der Waals surface area contributed by atoms with E-state index in [-0.39, 0.29) is 12.5 Å². The molecular formula is C19H30N4O2. The van der Waals surface area contributed by atoms with Crippen LogP contribution in [0.2, 0.25) is 0 Å². The zero-order valence-electron chi connectivity index (χ0n) is 15.6. The van der Waals surface area contributed by atoms with E-state index in [9.17, 15) is 4.79 Å². The van der Waals surface area contributed by atoms with Crippen LogP contribution in [-0.4, -0.2) is 56.6 Å². The minimum atomic E-state index is 0.00894. The van der Waals surface area contributed by atoms with Crippen molar-refractivity contribution < 1.29 is 9.53 Å². The lowest BCUT2D eigenvalue weighted by Crippen LogP contribution is -2.40. The fraction of sp³-hybridized carbons (Fsp3) is 0.579. The highest BCUT2D eigenvalue weighted by Gasteiger charge is 2.24. The van der Waals surface area contributed by atoms with Gasteiger partial charge in [-0.05, 0) is 31.9 Å². The largest absolute Gasteiger partial charge is 0.482 e. The fourth-order valence-corrected chi connectivity index (χ4v) is 2.78. The van der Waals surface area contributed by atoms with Crippen LogP contribution in [0, 0.1) is 0 Å². The van der Waals surface area contributed by atoms with Gasteiger partial charge in [0, 0.05) is 33.2 Å². The van der Waals surface area contributed by atoms with Crippen molar-refractivity contribution in [1.29, 1.82) is 0 Å². The molecule has 0 spiro atoms. The van der Waals surface area contributed by atoms with Gasteiger partial charge in [-0.1, -0.05) is 25.5 Å². The average molecular weight is 346 g/mol. The van der Waals surface area contributed by atoms with Gasteiger partial charge in [0.25, 0.3) is 5.91 Å². The number of carbonyl (C=O) groups excluding carboxylic acids is 1. The normalized spacial score (nSPS) is 14.1. The summed E-state index contributed by atoms with van der Waals surface area (Å²) in [6.07, 6.45) is 3.14. The van der Waals surface area contributed by atoms with E-state index in [1.54, 1.807) is 0 Å². The number of guanidine groups is 1. The van der Waals surface area contributed by atoms with Crippen LogP contribution in [0.15, 0.2) is 29.3 Å². The lowest BCUT2D eigenvalue weighted by atomic mass is 10.2. The SMILES string of the molecule is CCCCN(C)C(=NCCCN1C(=O)COc2ccccc21)NCC. The van der Waals surface area contributed by atoms with Gasteiger partial charge in [0.05, 0.1) is 5.69 Å².